The van der Waals surface area contributed by atoms with E-state index in [1.165, 1.54) is 0 Å². The van der Waals surface area contributed by atoms with Crippen molar-refractivity contribution in [2.24, 2.45) is 0 Å². The van der Waals surface area contributed by atoms with Gasteiger partial charge in [-0.25, -0.2) is 0 Å². The fourth-order valence-electron chi connectivity index (χ4n) is 1.35. The topological polar surface area (TPSA) is 46.5 Å². The third-order valence-corrected chi connectivity index (χ3v) is 2.28. The molecule has 0 saturated heterocycles. The van der Waals surface area contributed by atoms with E-state index in [0.717, 1.165) is 25.7 Å². The fourth-order valence-corrected chi connectivity index (χ4v) is 1.35. The lowest BCUT2D eigenvalue weighted by molar-refractivity contribution is -0.139. The monoisotopic (exact) mass is 213 g/mol. The Hall–Kier alpha value is -0.570. The lowest BCUT2D eigenvalue weighted by Gasteiger charge is -2.27. The zero-order chi connectivity index (χ0) is 11.6. The number of ether oxygens (including phenoxy) is 1. The summed E-state index contributed by atoms with van der Waals surface area (Å²) < 4.78 is 5.05. The maximum Gasteiger partial charge on any atom is 0.293 e. The molecule has 0 aromatic carbocycles. The van der Waals surface area contributed by atoms with Gasteiger partial charge in [-0.05, 0) is 32.6 Å². The van der Waals surface area contributed by atoms with Crippen LogP contribution in [0.3, 0.4) is 0 Å². The van der Waals surface area contributed by atoms with Crippen molar-refractivity contribution < 1.29 is 14.6 Å². The number of hydrogen-bond acceptors (Lipinski definition) is 3. The summed E-state index contributed by atoms with van der Waals surface area (Å²) in [6, 6.07) is 0. The van der Waals surface area contributed by atoms with E-state index in [-0.39, 0.29) is 6.61 Å². The Labute approximate surface area is 92.8 Å². The van der Waals surface area contributed by atoms with Crippen LogP contribution in [0.5, 0.6) is 0 Å². The molecule has 0 aromatic rings. The zero-order valence-electron chi connectivity index (χ0n) is 9.61. The molecule has 0 heterocycles. The van der Waals surface area contributed by atoms with Crippen LogP contribution in [-0.4, -0.2) is 23.8 Å². The third kappa shape index (κ3) is 7.37. The lowest BCUT2D eigenvalue weighted by atomic mass is 9.92. The quantitative estimate of drug-likeness (QED) is 0.446. The first kappa shape index (κ1) is 14.4. The Balaban J connectivity index is 3.88. The SMILES string of the molecule is CCCCCC(C)([CH][CH][CH]CO)OC=O. The second kappa shape index (κ2) is 8.72. The van der Waals surface area contributed by atoms with Crippen molar-refractivity contribution >= 4 is 6.47 Å². The largest absolute Gasteiger partial charge is 0.461 e. The van der Waals surface area contributed by atoms with Crippen LogP contribution < -0.4 is 0 Å². The molecule has 0 aliphatic heterocycles. The minimum absolute atomic E-state index is 0.00261. The summed E-state index contributed by atoms with van der Waals surface area (Å²) in [5.41, 5.74) is -0.539. The van der Waals surface area contributed by atoms with E-state index in [0.29, 0.717) is 6.47 Å². The Morgan fingerprint density at radius 3 is 2.67 bits per heavy atom. The molecule has 0 amide bonds. The zero-order valence-corrected chi connectivity index (χ0v) is 9.61. The summed E-state index contributed by atoms with van der Waals surface area (Å²) in [5, 5.41) is 8.59. The highest BCUT2D eigenvalue weighted by molar-refractivity contribution is 5.39. The number of hydrogen-bond donors (Lipinski definition) is 1. The minimum atomic E-state index is -0.539. The van der Waals surface area contributed by atoms with Gasteiger partial charge in [-0.1, -0.05) is 19.8 Å². The molecule has 3 nitrogen and oxygen atoms in total. The van der Waals surface area contributed by atoms with Crippen LogP contribution in [0, 0.1) is 19.3 Å². The fraction of sp³-hybridized carbons (Fsp3) is 0.667. The van der Waals surface area contributed by atoms with Crippen molar-refractivity contribution in [2.45, 2.75) is 45.1 Å². The highest BCUT2D eigenvalue weighted by atomic mass is 16.5. The average molecular weight is 213 g/mol. The summed E-state index contributed by atoms with van der Waals surface area (Å²) in [6.07, 6.45) is 9.29. The van der Waals surface area contributed by atoms with Gasteiger partial charge in [0.25, 0.3) is 6.47 Å². The molecule has 3 radical (unpaired) electrons. The Kier molecular flexibility index (Phi) is 8.38. The van der Waals surface area contributed by atoms with Crippen molar-refractivity contribution in [3.05, 3.63) is 19.3 Å². The number of carbonyl (C=O) groups excluding carboxylic acids is 1. The molecule has 3 heteroatoms. The van der Waals surface area contributed by atoms with Crippen molar-refractivity contribution in [2.75, 3.05) is 6.61 Å². The van der Waals surface area contributed by atoms with Gasteiger partial charge in [0.2, 0.25) is 0 Å². The van der Waals surface area contributed by atoms with E-state index in [4.69, 9.17) is 9.84 Å². The predicted octanol–water partition coefficient (Wildman–Crippen LogP) is 2.10. The molecule has 0 fully saturated rings. The third-order valence-electron chi connectivity index (χ3n) is 2.28. The first-order chi connectivity index (χ1) is 7.18. The first-order valence-electron chi connectivity index (χ1n) is 5.42. The van der Waals surface area contributed by atoms with Gasteiger partial charge in [0.15, 0.2) is 0 Å². The Morgan fingerprint density at radius 1 is 1.40 bits per heavy atom. The van der Waals surface area contributed by atoms with Gasteiger partial charge < -0.3 is 9.84 Å². The molecule has 0 aliphatic rings. The van der Waals surface area contributed by atoms with Crippen molar-refractivity contribution in [1.82, 2.24) is 0 Å². The maximum absolute atomic E-state index is 10.4. The van der Waals surface area contributed by atoms with Crippen LogP contribution >= 0.6 is 0 Å². The molecule has 87 valence electrons. The standard InChI is InChI=1S/C12H21O3/c1-3-4-5-8-12(2,15-11-14)9-6-7-10-13/h6-7,9,11,13H,3-5,8,10H2,1-2H3. The molecule has 15 heavy (non-hydrogen) atoms. The van der Waals surface area contributed by atoms with Gasteiger partial charge in [-0.2, -0.15) is 0 Å². The van der Waals surface area contributed by atoms with E-state index >= 15 is 0 Å². The highest BCUT2D eigenvalue weighted by Crippen LogP contribution is 2.23. The lowest BCUT2D eigenvalue weighted by Crippen LogP contribution is -2.29. The average Bonchev–Trinajstić information content (AvgIpc) is 2.19. The molecular weight excluding hydrogens is 192 g/mol. The van der Waals surface area contributed by atoms with Crippen molar-refractivity contribution in [3.63, 3.8) is 0 Å². The van der Waals surface area contributed by atoms with Crippen LogP contribution in [0.15, 0.2) is 0 Å². The predicted molar refractivity (Wildman–Crippen MR) is 59.7 cm³/mol. The van der Waals surface area contributed by atoms with E-state index in [1.54, 1.807) is 12.8 Å². The number of rotatable bonds is 10. The van der Waals surface area contributed by atoms with Gasteiger partial charge in [0.1, 0.15) is 5.60 Å². The molecule has 0 saturated carbocycles. The summed E-state index contributed by atoms with van der Waals surface area (Å²) in [4.78, 5) is 10.4. The summed E-state index contributed by atoms with van der Waals surface area (Å²) in [6.45, 7) is 4.49. The molecule has 1 atom stereocenters. The summed E-state index contributed by atoms with van der Waals surface area (Å²) in [5.74, 6) is 0. The van der Waals surface area contributed by atoms with Crippen LogP contribution in [0.4, 0.5) is 0 Å². The van der Waals surface area contributed by atoms with Gasteiger partial charge in [0.05, 0.1) is 0 Å². The van der Waals surface area contributed by atoms with Gasteiger partial charge in [0, 0.05) is 13.0 Å². The van der Waals surface area contributed by atoms with Crippen molar-refractivity contribution in [1.29, 1.82) is 0 Å². The van der Waals surface area contributed by atoms with E-state index in [2.05, 4.69) is 6.92 Å². The van der Waals surface area contributed by atoms with Gasteiger partial charge in [-0.15, -0.1) is 0 Å². The molecule has 0 bridgehead atoms. The normalized spacial score (nSPS) is 14.6. The molecule has 0 aliphatic carbocycles. The molecule has 1 unspecified atom stereocenters. The molecule has 0 spiro atoms. The van der Waals surface area contributed by atoms with Crippen LogP contribution in [-0.2, 0) is 9.53 Å². The first-order valence-corrected chi connectivity index (χ1v) is 5.42. The number of aliphatic hydroxyl groups is 1. The molecule has 0 aromatic heterocycles. The maximum atomic E-state index is 10.4. The van der Waals surface area contributed by atoms with Crippen LogP contribution in [0.2, 0.25) is 0 Å². The van der Waals surface area contributed by atoms with Crippen LogP contribution in [0.1, 0.15) is 39.5 Å². The Bertz CT molecular complexity index is 147. The van der Waals surface area contributed by atoms with E-state index < -0.39 is 5.60 Å². The summed E-state index contributed by atoms with van der Waals surface area (Å²) in [7, 11) is 0. The van der Waals surface area contributed by atoms with E-state index in [1.807, 2.05) is 13.3 Å². The number of unbranched alkanes of at least 4 members (excludes halogenated alkanes) is 3. The van der Waals surface area contributed by atoms with E-state index in [9.17, 15) is 4.79 Å². The second-order valence-electron chi connectivity index (χ2n) is 3.76. The molecule has 1 N–H and O–H groups in total. The Morgan fingerprint density at radius 2 is 2.13 bits per heavy atom. The molecular formula is C12H21O3. The number of carbonyl (C=O) groups is 1. The molecule has 0 rings (SSSR count). The smallest absolute Gasteiger partial charge is 0.293 e. The summed E-state index contributed by atoms with van der Waals surface area (Å²) >= 11 is 0. The van der Waals surface area contributed by atoms with Gasteiger partial charge >= 0.3 is 0 Å². The number of aliphatic hydroxyl groups excluding tert-OH is 1. The minimum Gasteiger partial charge on any atom is -0.461 e. The van der Waals surface area contributed by atoms with Gasteiger partial charge in [-0.3, -0.25) is 4.79 Å². The highest BCUT2D eigenvalue weighted by Gasteiger charge is 2.24. The van der Waals surface area contributed by atoms with Crippen molar-refractivity contribution in [3.8, 4) is 0 Å². The second-order valence-corrected chi connectivity index (χ2v) is 3.76. The van der Waals surface area contributed by atoms with Crippen LogP contribution in [0.25, 0.3) is 0 Å².